The van der Waals surface area contributed by atoms with Gasteiger partial charge in [-0.1, -0.05) is 60.7 Å². The van der Waals surface area contributed by atoms with Crippen molar-refractivity contribution < 1.29 is 13.2 Å². The van der Waals surface area contributed by atoms with Crippen LogP contribution in [0.5, 0.6) is 0 Å². The predicted octanol–water partition coefficient (Wildman–Crippen LogP) is 2.88. The molecule has 3 aromatic rings. The maximum Gasteiger partial charge on any atom is 0.253 e. The Balaban J connectivity index is 1.48. The number of carbonyl (C=O) groups excluding carboxylic acids is 1. The van der Waals surface area contributed by atoms with Crippen LogP contribution in [0.25, 0.3) is 0 Å². The lowest BCUT2D eigenvalue weighted by molar-refractivity contribution is 0.0597. The lowest BCUT2D eigenvalue weighted by Gasteiger charge is -2.39. The van der Waals surface area contributed by atoms with E-state index >= 15 is 0 Å². The number of amides is 1. The van der Waals surface area contributed by atoms with Crippen LogP contribution in [-0.2, 0) is 10.0 Å². The second-order valence-corrected chi connectivity index (χ2v) is 9.18. The van der Waals surface area contributed by atoms with Gasteiger partial charge in [-0.25, -0.2) is 13.6 Å². The van der Waals surface area contributed by atoms with Crippen molar-refractivity contribution in [2.45, 2.75) is 10.9 Å². The quantitative estimate of drug-likeness (QED) is 0.668. The SMILES string of the molecule is NS(=O)(=O)c1ccc(C(=O)N2CCN(C(c3ccccc3)c3ccccc3)CC2)cc1. The highest BCUT2D eigenvalue weighted by Gasteiger charge is 2.28. The summed E-state index contributed by atoms with van der Waals surface area (Å²) in [6, 6.07) is 26.7. The summed E-state index contributed by atoms with van der Waals surface area (Å²) in [5.74, 6) is -0.100. The summed E-state index contributed by atoms with van der Waals surface area (Å²) < 4.78 is 22.9. The van der Waals surface area contributed by atoms with Crippen molar-refractivity contribution in [1.29, 1.82) is 0 Å². The minimum absolute atomic E-state index is 0.00225. The van der Waals surface area contributed by atoms with Crippen molar-refractivity contribution >= 4 is 15.9 Å². The summed E-state index contributed by atoms with van der Waals surface area (Å²) in [7, 11) is -3.77. The van der Waals surface area contributed by atoms with Gasteiger partial charge in [0.1, 0.15) is 0 Å². The van der Waals surface area contributed by atoms with Gasteiger partial charge in [-0.2, -0.15) is 0 Å². The Morgan fingerprint density at radius 3 is 1.68 bits per heavy atom. The maximum atomic E-state index is 12.9. The second kappa shape index (κ2) is 9.01. The molecule has 0 spiro atoms. The average molecular weight is 436 g/mol. The molecule has 2 N–H and O–H groups in total. The molecular weight excluding hydrogens is 410 g/mol. The average Bonchev–Trinajstić information content (AvgIpc) is 2.80. The number of benzene rings is 3. The molecule has 1 aliphatic heterocycles. The number of rotatable bonds is 5. The molecule has 1 heterocycles. The lowest BCUT2D eigenvalue weighted by atomic mass is 9.96. The number of nitrogens with zero attached hydrogens (tertiary/aromatic N) is 2. The van der Waals surface area contributed by atoms with Crippen LogP contribution >= 0.6 is 0 Å². The number of sulfonamides is 1. The monoisotopic (exact) mass is 435 g/mol. The topological polar surface area (TPSA) is 83.7 Å². The molecule has 0 aliphatic carbocycles. The molecule has 3 aromatic carbocycles. The number of hydrogen-bond donors (Lipinski definition) is 1. The summed E-state index contributed by atoms with van der Waals surface area (Å²) in [5.41, 5.74) is 2.92. The van der Waals surface area contributed by atoms with E-state index in [0.717, 1.165) is 13.1 Å². The highest BCUT2D eigenvalue weighted by Crippen LogP contribution is 2.29. The largest absolute Gasteiger partial charge is 0.336 e. The van der Waals surface area contributed by atoms with Gasteiger partial charge in [0.2, 0.25) is 10.0 Å². The van der Waals surface area contributed by atoms with Gasteiger partial charge in [-0.15, -0.1) is 0 Å². The molecule has 1 fully saturated rings. The molecule has 4 rings (SSSR count). The van der Waals surface area contributed by atoms with Crippen LogP contribution < -0.4 is 5.14 Å². The van der Waals surface area contributed by atoms with Crippen LogP contribution in [0, 0.1) is 0 Å². The Kier molecular flexibility index (Phi) is 6.18. The Morgan fingerprint density at radius 2 is 1.23 bits per heavy atom. The fraction of sp³-hybridized carbons (Fsp3) is 0.208. The van der Waals surface area contributed by atoms with Gasteiger partial charge in [-0.3, -0.25) is 9.69 Å². The van der Waals surface area contributed by atoms with Crippen LogP contribution in [0.4, 0.5) is 0 Å². The van der Waals surface area contributed by atoms with Gasteiger partial charge in [0.15, 0.2) is 0 Å². The first kappa shape index (κ1) is 21.2. The minimum atomic E-state index is -3.77. The van der Waals surface area contributed by atoms with E-state index in [1.807, 2.05) is 17.0 Å². The molecule has 160 valence electrons. The molecule has 1 aliphatic rings. The molecule has 0 atom stereocenters. The minimum Gasteiger partial charge on any atom is -0.336 e. The van der Waals surface area contributed by atoms with E-state index in [2.05, 4.69) is 53.4 Å². The summed E-state index contributed by atoms with van der Waals surface area (Å²) >= 11 is 0. The highest BCUT2D eigenvalue weighted by atomic mass is 32.2. The van der Waals surface area contributed by atoms with Gasteiger partial charge in [-0.05, 0) is 35.4 Å². The molecule has 7 heteroatoms. The van der Waals surface area contributed by atoms with Crippen molar-refractivity contribution in [1.82, 2.24) is 9.80 Å². The van der Waals surface area contributed by atoms with E-state index in [0.29, 0.717) is 18.7 Å². The van der Waals surface area contributed by atoms with Crippen LogP contribution in [0.2, 0.25) is 0 Å². The third-order valence-electron chi connectivity index (χ3n) is 5.63. The lowest BCUT2D eigenvalue weighted by Crippen LogP contribution is -2.49. The molecular formula is C24H25N3O3S. The normalized spacial score (nSPS) is 15.2. The second-order valence-electron chi connectivity index (χ2n) is 7.62. The molecule has 0 saturated carbocycles. The van der Waals surface area contributed by atoms with Crippen LogP contribution in [-0.4, -0.2) is 50.3 Å². The Labute approximate surface area is 183 Å². The van der Waals surface area contributed by atoms with Gasteiger partial charge in [0, 0.05) is 31.7 Å². The first-order valence-electron chi connectivity index (χ1n) is 10.2. The van der Waals surface area contributed by atoms with E-state index in [-0.39, 0.29) is 16.8 Å². The third kappa shape index (κ3) is 4.85. The molecule has 0 aromatic heterocycles. The maximum absolute atomic E-state index is 12.9. The number of carbonyl (C=O) groups is 1. The van der Waals surface area contributed by atoms with Crippen molar-refractivity contribution in [2.75, 3.05) is 26.2 Å². The van der Waals surface area contributed by atoms with Gasteiger partial charge < -0.3 is 4.90 Å². The van der Waals surface area contributed by atoms with E-state index in [9.17, 15) is 13.2 Å². The fourth-order valence-electron chi connectivity index (χ4n) is 4.04. The molecule has 1 saturated heterocycles. The van der Waals surface area contributed by atoms with Gasteiger partial charge >= 0.3 is 0 Å². The zero-order chi connectivity index (χ0) is 21.8. The number of primary sulfonamides is 1. The molecule has 0 radical (unpaired) electrons. The predicted molar refractivity (Wildman–Crippen MR) is 120 cm³/mol. The van der Waals surface area contributed by atoms with Gasteiger partial charge in [0.25, 0.3) is 5.91 Å². The number of nitrogens with two attached hydrogens (primary N) is 1. The van der Waals surface area contributed by atoms with Crippen LogP contribution in [0.1, 0.15) is 27.5 Å². The standard InChI is InChI=1S/C24H25N3O3S/c25-31(29,30)22-13-11-21(12-14-22)24(28)27-17-15-26(16-18-27)23(19-7-3-1-4-8-19)20-9-5-2-6-10-20/h1-14,23H,15-18H2,(H2,25,29,30). The summed E-state index contributed by atoms with van der Waals surface area (Å²) in [6.45, 7) is 2.70. The first-order chi connectivity index (χ1) is 14.9. The van der Waals surface area contributed by atoms with Crippen molar-refractivity contribution in [3.63, 3.8) is 0 Å². The first-order valence-corrected chi connectivity index (χ1v) is 11.7. The van der Waals surface area contributed by atoms with Crippen LogP contribution in [0.15, 0.2) is 89.8 Å². The Hall–Kier alpha value is -3.00. The van der Waals surface area contributed by atoms with E-state index in [4.69, 9.17) is 5.14 Å². The van der Waals surface area contributed by atoms with E-state index in [1.165, 1.54) is 35.4 Å². The Morgan fingerprint density at radius 1 is 0.742 bits per heavy atom. The summed E-state index contributed by atoms with van der Waals surface area (Å²) in [6.07, 6.45) is 0. The molecule has 0 unspecified atom stereocenters. The summed E-state index contributed by atoms with van der Waals surface area (Å²) in [5, 5.41) is 5.14. The summed E-state index contributed by atoms with van der Waals surface area (Å²) in [4.78, 5) is 17.1. The highest BCUT2D eigenvalue weighted by molar-refractivity contribution is 7.89. The number of piperazine rings is 1. The van der Waals surface area contributed by atoms with Crippen molar-refractivity contribution in [3.05, 3.63) is 102 Å². The smallest absolute Gasteiger partial charge is 0.253 e. The molecule has 31 heavy (non-hydrogen) atoms. The number of hydrogen-bond acceptors (Lipinski definition) is 4. The molecule has 6 nitrogen and oxygen atoms in total. The Bertz CT molecular complexity index is 1090. The van der Waals surface area contributed by atoms with Crippen molar-refractivity contribution in [3.8, 4) is 0 Å². The van der Waals surface area contributed by atoms with Gasteiger partial charge in [0.05, 0.1) is 10.9 Å². The van der Waals surface area contributed by atoms with E-state index in [1.54, 1.807) is 0 Å². The van der Waals surface area contributed by atoms with Crippen molar-refractivity contribution in [2.24, 2.45) is 5.14 Å². The molecule has 0 bridgehead atoms. The van der Waals surface area contributed by atoms with E-state index < -0.39 is 10.0 Å². The zero-order valence-electron chi connectivity index (χ0n) is 17.1. The molecule has 1 amide bonds. The third-order valence-corrected chi connectivity index (χ3v) is 6.56. The fourth-order valence-corrected chi connectivity index (χ4v) is 4.55. The zero-order valence-corrected chi connectivity index (χ0v) is 17.9. The van der Waals surface area contributed by atoms with Crippen LogP contribution in [0.3, 0.4) is 0 Å².